The number of aryl methyl sites for hydroxylation is 2. The van der Waals surface area contributed by atoms with E-state index in [-0.39, 0.29) is 11.3 Å². The molecule has 0 saturated carbocycles. The molecular weight excluding hydrogens is 306 g/mol. The fraction of sp³-hybridized carbons (Fsp3) is 0.167. The van der Waals surface area contributed by atoms with Crippen molar-refractivity contribution in [1.29, 1.82) is 0 Å². The molecule has 0 aliphatic carbocycles. The summed E-state index contributed by atoms with van der Waals surface area (Å²) >= 11 is 0. The third-order valence-corrected chi connectivity index (χ3v) is 3.66. The van der Waals surface area contributed by atoms with Gasteiger partial charge in [0.05, 0.1) is 5.69 Å². The summed E-state index contributed by atoms with van der Waals surface area (Å²) in [5, 5.41) is 6.64. The Kier molecular flexibility index (Phi) is 4.29. The largest absolute Gasteiger partial charge is 0.350 e. The van der Waals surface area contributed by atoms with Gasteiger partial charge in [0.25, 0.3) is 11.5 Å². The molecule has 0 radical (unpaired) electrons. The number of anilines is 1. The van der Waals surface area contributed by atoms with Gasteiger partial charge in [-0.05, 0) is 19.9 Å². The maximum atomic E-state index is 12.3. The van der Waals surface area contributed by atoms with Crippen LogP contribution >= 0.6 is 0 Å². The standard InChI is InChI=1S/C18H17N3O3/c1-3-21-11-14(8-9-17(21)22)19-18(23)16-10-15(20-24-16)13-6-4-12(2)5-7-13/h4-11H,3H2,1-2H3,(H,19,23). The van der Waals surface area contributed by atoms with E-state index in [1.54, 1.807) is 18.3 Å². The molecule has 0 bridgehead atoms. The summed E-state index contributed by atoms with van der Waals surface area (Å²) in [4.78, 5) is 23.8. The molecule has 122 valence electrons. The number of hydrogen-bond donors (Lipinski definition) is 1. The first-order chi connectivity index (χ1) is 11.6. The van der Waals surface area contributed by atoms with Gasteiger partial charge in [-0.25, -0.2) is 0 Å². The molecule has 3 aromatic rings. The highest BCUT2D eigenvalue weighted by atomic mass is 16.5. The van der Waals surface area contributed by atoms with E-state index in [4.69, 9.17) is 4.52 Å². The van der Waals surface area contributed by atoms with E-state index in [2.05, 4.69) is 10.5 Å². The van der Waals surface area contributed by atoms with Crippen LogP contribution in [0.3, 0.4) is 0 Å². The lowest BCUT2D eigenvalue weighted by Gasteiger charge is -2.06. The van der Waals surface area contributed by atoms with Crippen LogP contribution in [-0.2, 0) is 6.54 Å². The van der Waals surface area contributed by atoms with Crippen molar-refractivity contribution in [3.8, 4) is 11.3 Å². The molecule has 0 saturated heterocycles. The van der Waals surface area contributed by atoms with E-state index in [1.807, 2.05) is 38.1 Å². The van der Waals surface area contributed by atoms with Crippen molar-refractivity contribution in [3.63, 3.8) is 0 Å². The number of pyridine rings is 1. The molecule has 0 atom stereocenters. The van der Waals surface area contributed by atoms with E-state index < -0.39 is 5.91 Å². The number of carbonyl (C=O) groups excluding carboxylic acids is 1. The van der Waals surface area contributed by atoms with E-state index >= 15 is 0 Å². The second kappa shape index (κ2) is 6.54. The van der Waals surface area contributed by atoms with Crippen molar-refractivity contribution in [2.45, 2.75) is 20.4 Å². The number of nitrogens with one attached hydrogen (secondary N) is 1. The Morgan fingerprint density at radius 3 is 2.67 bits per heavy atom. The smallest absolute Gasteiger partial charge is 0.294 e. The first kappa shape index (κ1) is 15.7. The van der Waals surface area contributed by atoms with Gasteiger partial charge in [-0.3, -0.25) is 9.59 Å². The molecule has 0 aliphatic rings. The minimum atomic E-state index is -0.415. The van der Waals surface area contributed by atoms with Crippen molar-refractivity contribution in [2.75, 3.05) is 5.32 Å². The van der Waals surface area contributed by atoms with Crippen LogP contribution in [0.2, 0.25) is 0 Å². The van der Waals surface area contributed by atoms with Crippen LogP contribution in [0, 0.1) is 6.92 Å². The summed E-state index contributed by atoms with van der Waals surface area (Å²) in [5.41, 5.74) is 3.03. The molecule has 0 unspecified atom stereocenters. The highest BCUT2D eigenvalue weighted by Crippen LogP contribution is 2.20. The van der Waals surface area contributed by atoms with E-state index in [0.29, 0.717) is 17.9 Å². The van der Waals surface area contributed by atoms with Gasteiger partial charge in [0, 0.05) is 30.4 Å². The third kappa shape index (κ3) is 3.27. The predicted molar refractivity (Wildman–Crippen MR) is 91.0 cm³/mol. The SMILES string of the molecule is CCn1cc(NC(=O)c2cc(-c3ccc(C)cc3)no2)ccc1=O. The molecule has 0 fully saturated rings. The van der Waals surface area contributed by atoms with Gasteiger partial charge in [-0.1, -0.05) is 35.0 Å². The third-order valence-electron chi connectivity index (χ3n) is 3.66. The lowest BCUT2D eigenvalue weighted by atomic mass is 10.1. The van der Waals surface area contributed by atoms with Gasteiger partial charge >= 0.3 is 0 Å². The summed E-state index contributed by atoms with van der Waals surface area (Å²) in [6.45, 7) is 4.39. The first-order valence-corrected chi connectivity index (χ1v) is 7.62. The van der Waals surface area contributed by atoms with Crippen LogP contribution in [0.25, 0.3) is 11.3 Å². The van der Waals surface area contributed by atoms with Gasteiger partial charge in [-0.2, -0.15) is 0 Å². The molecular formula is C18H17N3O3. The maximum absolute atomic E-state index is 12.3. The quantitative estimate of drug-likeness (QED) is 0.800. The van der Waals surface area contributed by atoms with Gasteiger partial charge < -0.3 is 14.4 Å². The molecule has 1 aromatic carbocycles. The van der Waals surface area contributed by atoms with Gasteiger partial charge in [-0.15, -0.1) is 0 Å². The van der Waals surface area contributed by atoms with Crippen molar-refractivity contribution < 1.29 is 9.32 Å². The highest BCUT2D eigenvalue weighted by Gasteiger charge is 2.14. The Hall–Kier alpha value is -3.15. The fourth-order valence-electron chi connectivity index (χ4n) is 2.29. The molecule has 6 nitrogen and oxygen atoms in total. The first-order valence-electron chi connectivity index (χ1n) is 7.62. The lowest BCUT2D eigenvalue weighted by molar-refractivity contribution is 0.0988. The van der Waals surface area contributed by atoms with Gasteiger partial charge in [0.15, 0.2) is 0 Å². The van der Waals surface area contributed by atoms with Crippen molar-refractivity contribution in [2.24, 2.45) is 0 Å². The van der Waals surface area contributed by atoms with Crippen molar-refractivity contribution in [3.05, 3.63) is 70.3 Å². The minimum absolute atomic E-state index is 0.111. The molecule has 0 aliphatic heterocycles. The topological polar surface area (TPSA) is 77.1 Å². The number of amides is 1. The van der Waals surface area contributed by atoms with Crippen LogP contribution in [0.4, 0.5) is 5.69 Å². The minimum Gasteiger partial charge on any atom is -0.350 e. The van der Waals surface area contributed by atoms with Crippen LogP contribution in [0.5, 0.6) is 0 Å². The van der Waals surface area contributed by atoms with Crippen LogP contribution < -0.4 is 10.9 Å². The number of benzene rings is 1. The molecule has 24 heavy (non-hydrogen) atoms. The number of hydrogen-bond acceptors (Lipinski definition) is 4. The van der Waals surface area contributed by atoms with Crippen LogP contribution in [0.15, 0.2) is 58.0 Å². The van der Waals surface area contributed by atoms with Crippen molar-refractivity contribution in [1.82, 2.24) is 9.72 Å². The van der Waals surface area contributed by atoms with E-state index in [9.17, 15) is 9.59 Å². The zero-order chi connectivity index (χ0) is 17.1. The van der Waals surface area contributed by atoms with Crippen LogP contribution in [-0.4, -0.2) is 15.6 Å². The molecule has 1 N–H and O–H groups in total. The Labute approximate surface area is 138 Å². The average molecular weight is 323 g/mol. The molecule has 2 aromatic heterocycles. The predicted octanol–water partition coefficient (Wildman–Crippen LogP) is 3.08. The zero-order valence-corrected chi connectivity index (χ0v) is 13.4. The maximum Gasteiger partial charge on any atom is 0.294 e. The molecule has 0 spiro atoms. The Morgan fingerprint density at radius 1 is 1.21 bits per heavy atom. The summed E-state index contributed by atoms with van der Waals surface area (Å²) in [7, 11) is 0. The average Bonchev–Trinajstić information content (AvgIpc) is 3.07. The molecule has 1 amide bonds. The zero-order valence-electron chi connectivity index (χ0n) is 13.4. The lowest BCUT2D eigenvalue weighted by Crippen LogP contribution is -2.19. The highest BCUT2D eigenvalue weighted by molar-refractivity contribution is 6.02. The summed E-state index contributed by atoms with van der Waals surface area (Å²) in [6, 6.07) is 12.4. The summed E-state index contributed by atoms with van der Waals surface area (Å²) < 4.78 is 6.64. The van der Waals surface area contributed by atoms with Gasteiger partial charge in [0.1, 0.15) is 5.69 Å². The van der Waals surface area contributed by atoms with E-state index in [1.165, 1.54) is 10.6 Å². The number of rotatable bonds is 4. The van der Waals surface area contributed by atoms with Gasteiger partial charge in [0.2, 0.25) is 5.76 Å². The second-order valence-electron chi connectivity index (χ2n) is 5.44. The number of carbonyl (C=O) groups is 1. The monoisotopic (exact) mass is 323 g/mol. The summed E-state index contributed by atoms with van der Waals surface area (Å²) in [5.74, 6) is -0.304. The normalized spacial score (nSPS) is 10.6. The Morgan fingerprint density at radius 2 is 1.96 bits per heavy atom. The Balaban J connectivity index is 1.79. The number of nitrogens with zero attached hydrogens (tertiary/aromatic N) is 2. The van der Waals surface area contributed by atoms with Crippen molar-refractivity contribution >= 4 is 11.6 Å². The molecule has 2 heterocycles. The van der Waals surface area contributed by atoms with Crippen LogP contribution in [0.1, 0.15) is 23.0 Å². The number of aromatic nitrogens is 2. The Bertz CT molecular complexity index is 923. The fourth-order valence-corrected chi connectivity index (χ4v) is 2.29. The molecule has 3 rings (SSSR count). The van der Waals surface area contributed by atoms with E-state index in [0.717, 1.165) is 11.1 Å². The second-order valence-corrected chi connectivity index (χ2v) is 5.44. The summed E-state index contributed by atoms with van der Waals surface area (Å²) in [6.07, 6.45) is 1.59. The molecule has 6 heteroatoms.